The number of nitrogens with zero attached hydrogens (tertiary/aromatic N) is 4. The van der Waals surface area contributed by atoms with Crippen LogP contribution in [0.15, 0.2) is 6.20 Å². The zero-order valence-electron chi connectivity index (χ0n) is 25.9. The lowest BCUT2D eigenvalue weighted by Crippen LogP contribution is -2.55. The minimum atomic E-state index is -0.251. The standard InChI is InChI=1S/C29H50N6O4.2ClH/c1-20(2)18-35(23-14-21(15-30-16-23)26(36)34-12-8-10-22(34)19-39-7)27(37)24-17-32-28(29(3,4)5)33-25(24)31-11-9-13-38-6;;/h17,20-23,30H,8-16,18-19H2,1-7H3,(H,31,32,33);2*1H/t21-,22-,23+;;/m1../s1. The number of carbonyl (C=O) groups excluding carboxylic acids is 2. The van der Waals surface area contributed by atoms with E-state index in [0.29, 0.717) is 63.0 Å². The summed E-state index contributed by atoms with van der Waals surface area (Å²) in [5.41, 5.74) is 0.216. The van der Waals surface area contributed by atoms with E-state index in [9.17, 15) is 9.59 Å². The van der Waals surface area contributed by atoms with E-state index in [2.05, 4.69) is 50.2 Å². The maximum absolute atomic E-state index is 14.2. The molecule has 0 unspecified atom stereocenters. The van der Waals surface area contributed by atoms with Gasteiger partial charge in [-0.1, -0.05) is 34.6 Å². The summed E-state index contributed by atoms with van der Waals surface area (Å²) >= 11 is 0. The van der Waals surface area contributed by atoms with E-state index < -0.39 is 0 Å². The zero-order valence-corrected chi connectivity index (χ0v) is 27.5. The summed E-state index contributed by atoms with van der Waals surface area (Å²) in [6, 6.07) is 0.0382. The molecule has 3 atom stereocenters. The van der Waals surface area contributed by atoms with Crippen LogP contribution >= 0.6 is 24.8 Å². The number of halogens is 2. The quantitative estimate of drug-likeness (QED) is 0.341. The van der Waals surface area contributed by atoms with Gasteiger partial charge in [-0.2, -0.15) is 0 Å². The van der Waals surface area contributed by atoms with E-state index in [1.165, 1.54) is 0 Å². The number of methoxy groups -OCH3 is 2. The number of likely N-dealkylation sites (tertiary alicyclic amines) is 1. The first-order valence-corrected chi connectivity index (χ1v) is 14.5. The number of rotatable bonds is 12. The van der Waals surface area contributed by atoms with Crippen LogP contribution < -0.4 is 10.6 Å². The van der Waals surface area contributed by atoms with Gasteiger partial charge >= 0.3 is 0 Å². The molecule has 236 valence electrons. The van der Waals surface area contributed by atoms with Crippen LogP contribution in [0.5, 0.6) is 0 Å². The number of carbonyl (C=O) groups is 2. The van der Waals surface area contributed by atoms with E-state index >= 15 is 0 Å². The van der Waals surface area contributed by atoms with Gasteiger partial charge in [-0.25, -0.2) is 9.97 Å². The molecule has 3 heterocycles. The molecule has 2 aliphatic rings. The number of ether oxygens (including phenoxy) is 2. The maximum Gasteiger partial charge on any atom is 0.259 e. The number of amides is 2. The Morgan fingerprint density at radius 1 is 1.20 bits per heavy atom. The van der Waals surface area contributed by atoms with Crippen molar-refractivity contribution in [1.82, 2.24) is 25.1 Å². The minimum absolute atomic E-state index is 0. The van der Waals surface area contributed by atoms with E-state index in [1.807, 2.05) is 9.80 Å². The molecule has 0 aliphatic carbocycles. The molecule has 1 aromatic heterocycles. The zero-order chi connectivity index (χ0) is 28.6. The second-order valence-corrected chi connectivity index (χ2v) is 12.4. The molecule has 2 amide bonds. The van der Waals surface area contributed by atoms with Crippen molar-refractivity contribution in [3.63, 3.8) is 0 Å². The second-order valence-electron chi connectivity index (χ2n) is 12.4. The van der Waals surface area contributed by atoms with E-state index in [0.717, 1.165) is 25.8 Å². The van der Waals surface area contributed by atoms with Gasteiger partial charge in [0.15, 0.2) is 0 Å². The molecule has 2 N–H and O–H groups in total. The molecular formula is C29H52Cl2N6O4. The predicted molar refractivity (Wildman–Crippen MR) is 167 cm³/mol. The third kappa shape index (κ3) is 10.2. The minimum Gasteiger partial charge on any atom is -0.385 e. The molecule has 1 aromatic rings. The molecule has 2 saturated heterocycles. The Morgan fingerprint density at radius 3 is 2.56 bits per heavy atom. The number of hydrogen-bond donors (Lipinski definition) is 2. The summed E-state index contributed by atoms with van der Waals surface area (Å²) in [5.74, 6) is 1.40. The molecule has 10 nitrogen and oxygen atoms in total. The summed E-state index contributed by atoms with van der Waals surface area (Å²) in [6.45, 7) is 14.9. The predicted octanol–water partition coefficient (Wildman–Crippen LogP) is 3.78. The van der Waals surface area contributed by atoms with Crippen LogP contribution in [0.4, 0.5) is 5.82 Å². The van der Waals surface area contributed by atoms with Crippen molar-refractivity contribution in [3.8, 4) is 0 Å². The second kappa shape index (κ2) is 17.4. The fourth-order valence-electron chi connectivity index (χ4n) is 5.47. The smallest absolute Gasteiger partial charge is 0.259 e. The summed E-state index contributed by atoms with van der Waals surface area (Å²) in [5, 5.41) is 6.82. The normalized spacial score (nSPS) is 20.8. The van der Waals surface area contributed by atoms with Crippen molar-refractivity contribution in [1.29, 1.82) is 0 Å². The lowest BCUT2D eigenvalue weighted by molar-refractivity contribution is -0.138. The van der Waals surface area contributed by atoms with Gasteiger partial charge in [0, 0.05) is 71.2 Å². The Morgan fingerprint density at radius 2 is 1.93 bits per heavy atom. The summed E-state index contributed by atoms with van der Waals surface area (Å²) in [7, 11) is 3.37. The van der Waals surface area contributed by atoms with Crippen molar-refractivity contribution in [2.45, 2.75) is 77.8 Å². The summed E-state index contributed by atoms with van der Waals surface area (Å²) < 4.78 is 10.6. The Kier molecular flexibility index (Phi) is 15.8. The number of anilines is 1. The van der Waals surface area contributed by atoms with Gasteiger partial charge in [-0.3, -0.25) is 9.59 Å². The molecule has 0 bridgehead atoms. The Labute approximate surface area is 258 Å². The summed E-state index contributed by atoms with van der Waals surface area (Å²) in [6.07, 6.45) is 5.09. The van der Waals surface area contributed by atoms with Gasteiger partial charge in [0.2, 0.25) is 5.91 Å². The third-order valence-electron chi connectivity index (χ3n) is 7.47. The maximum atomic E-state index is 14.2. The highest BCUT2D eigenvalue weighted by Gasteiger charge is 2.38. The van der Waals surface area contributed by atoms with E-state index in [-0.39, 0.29) is 66.0 Å². The van der Waals surface area contributed by atoms with Gasteiger partial charge in [0.25, 0.3) is 5.91 Å². The van der Waals surface area contributed by atoms with Gasteiger partial charge < -0.3 is 29.9 Å². The van der Waals surface area contributed by atoms with Crippen LogP contribution in [0, 0.1) is 11.8 Å². The number of hydrogen-bond acceptors (Lipinski definition) is 8. The first-order chi connectivity index (χ1) is 18.6. The first kappa shape index (κ1) is 37.3. The molecule has 0 saturated carbocycles. The van der Waals surface area contributed by atoms with Crippen LogP contribution in [-0.2, 0) is 19.7 Å². The summed E-state index contributed by atoms with van der Waals surface area (Å²) in [4.78, 5) is 41.0. The van der Waals surface area contributed by atoms with Crippen molar-refractivity contribution in [2.24, 2.45) is 11.8 Å². The highest BCUT2D eigenvalue weighted by Crippen LogP contribution is 2.27. The largest absolute Gasteiger partial charge is 0.385 e. The highest BCUT2D eigenvalue weighted by atomic mass is 35.5. The number of nitrogens with one attached hydrogen (secondary N) is 2. The molecule has 2 fully saturated rings. The van der Waals surface area contributed by atoms with Gasteiger partial charge in [0.05, 0.1) is 18.6 Å². The fourth-order valence-corrected chi connectivity index (χ4v) is 5.47. The average Bonchev–Trinajstić information content (AvgIpc) is 3.37. The Bertz CT molecular complexity index is 962. The monoisotopic (exact) mass is 618 g/mol. The SMILES string of the molecule is COCCCNc1nc(C(C)(C)C)ncc1C(=O)N(CC(C)C)[C@@H]1CNC[C@H](C(=O)N2CCC[C@@H]2COC)C1.Cl.Cl. The van der Waals surface area contributed by atoms with Gasteiger partial charge in [-0.15, -0.1) is 24.8 Å². The average molecular weight is 620 g/mol. The topological polar surface area (TPSA) is 109 Å². The van der Waals surface area contributed by atoms with Crippen LogP contribution in [0.25, 0.3) is 0 Å². The molecule has 41 heavy (non-hydrogen) atoms. The Balaban J connectivity index is 0.00000420. The number of piperidine rings is 1. The molecule has 0 spiro atoms. The van der Waals surface area contributed by atoms with Crippen LogP contribution in [0.1, 0.15) is 76.5 Å². The molecule has 3 rings (SSSR count). The van der Waals surface area contributed by atoms with Crippen molar-refractivity contribution < 1.29 is 19.1 Å². The van der Waals surface area contributed by atoms with Gasteiger partial charge in [-0.05, 0) is 31.6 Å². The lowest BCUT2D eigenvalue weighted by atomic mass is 9.92. The van der Waals surface area contributed by atoms with E-state index in [4.69, 9.17) is 14.5 Å². The van der Waals surface area contributed by atoms with Crippen LogP contribution in [-0.4, -0.2) is 104 Å². The number of aromatic nitrogens is 2. The van der Waals surface area contributed by atoms with Crippen molar-refractivity contribution in [2.75, 3.05) is 65.5 Å². The molecule has 12 heteroatoms. The van der Waals surface area contributed by atoms with Crippen molar-refractivity contribution in [3.05, 3.63) is 17.6 Å². The highest BCUT2D eigenvalue weighted by molar-refractivity contribution is 5.98. The van der Waals surface area contributed by atoms with E-state index in [1.54, 1.807) is 20.4 Å². The Hall–Kier alpha value is -1.72. The molecule has 0 radical (unpaired) electrons. The fraction of sp³-hybridized carbons (Fsp3) is 0.793. The molecule has 2 aliphatic heterocycles. The first-order valence-electron chi connectivity index (χ1n) is 14.5. The third-order valence-corrected chi connectivity index (χ3v) is 7.47. The van der Waals surface area contributed by atoms with Crippen molar-refractivity contribution >= 4 is 42.4 Å². The van der Waals surface area contributed by atoms with Crippen LogP contribution in [0.3, 0.4) is 0 Å². The molecular weight excluding hydrogens is 567 g/mol. The lowest BCUT2D eigenvalue weighted by Gasteiger charge is -2.40. The van der Waals surface area contributed by atoms with Gasteiger partial charge in [0.1, 0.15) is 17.2 Å². The molecule has 0 aromatic carbocycles. The van der Waals surface area contributed by atoms with Crippen LogP contribution in [0.2, 0.25) is 0 Å².